The van der Waals surface area contributed by atoms with Crippen LogP contribution in [0.4, 0.5) is 8.78 Å². The van der Waals surface area contributed by atoms with Crippen molar-refractivity contribution in [3.63, 3.8) is 0 Å². The molecule has 0 saturated heterocycles. The highest BCUT2D eigenvalue weighted by molar-refractivity contribution is 5.82. The topological polar surface area (TPSA) is 81.7 Å². The van der Waals surface area contributed by atoms with Crippen LogP contribution in [-0.4, -0.2) is 31.4 Å². The van der Waals surface area contributed by atoms with Crippen molar-refractivity contribution in [2.24, 2.45) is 0 Å². The van der Waals surface area contributed by atoms with Crippen molar-refractivity contribution in [2.45, 2.75) is 13.0 Å². The van der Waals surface area contributed by atoms with Crippen molar-refractivity contribution < 1.29 is 32.6 Å². The molecule has 0 aromatic heterocycles. The maximum absolute atomic E-state index is 13.7. The summed E-state index contributed by atoms with van der Waals surface area (Å²) in [7, 11) is 0. The van der Waals surface area contributed by atoms with Gasteiger partial charge >= 0.3 is 5.97 Å². The molecule has 0 saturated carbocycles. The fourth-order valence-electron chi connectivity index (χ4n) is 2.25. The molecule has 2 rings (SSSR count). The predicted molar refractivity (Wildman–Crippen MR) is 91.2 cm³/mol. The van der Waals surface area contributed by atoms with Crippen molar-refractivity contribution >= 4 is 18.2 Å². The van der Waals surface area contributed by atoms with E-state index in [9.17, 15) is 23.2 Å². The molecule has 1 amide bonds. The maximum Gasteiger partial charge on any atom is 0.344 e. The van der Waals surface area contributed by atoms with E-state index in [1.54, 1.807) is 12.1 Å². The van der Waals surface area contributed by atoms with Gasteiger partial charge in [0.1, 0.15) is 17.4 Å². The Morgan fingerprint density at radius 2 is 1.89 bits per heavy atom. The van der Waals surface area contributed by atoms with Crippen LogP contribution in [0.5, 0.6) is 5.75 Å². The van der Waals surface area contributed by atoms with E-state index in [0.29, 0.717) is 12.4 Å². The lowest BCUT2D eigenvalue weighted by molar-refractivity contribution is -0.150. The summed E-state index contributed by atoms with van der Waals surface area (Å²) in [6.07, 6.45) is 0.587. The van der Waals surface area contributed by atoms with Crippen LogP contribution in [0.25, 0.3) is 0 Å². The molecule has 0 heterocycles. The van der Waals surface area contributed by atoms with Gasteiger partial charge in [-0.3, -0.25) is 9.59 Å². The van der Waals surface area contributed by atoms with Gasteiger partial charge in [0.05, 0.1) is 11.6 Å². The number of hydrogen-bond donors (Lipinski definition) is 1. The summed E-state index contributed by atoms with van der Waals surface area (Å²) in [6, 6.07) is 8.59. The van der Waals surface area contributed by atoms with Crippen LogP contribution < -0.4 is 10.1 Å². The Kier molecular flexibility index (Phi) is 6.99. The van der Waals surface area contributed by atoms with Crippen LogP contribution in [0.2, 0.25) is 0 Å². The van der Waals surface area contributed by atoms with Crippen molar-refractivity contribution in [1.29, 1.82) is 0 Å². The minimum absolute atomic E-state index is 0.102. The first kappa shape index (κ1) is 20.0. The number of benzene rings is 2. The molecule has 8 heteroatoms. The van der Waals surface area contributed by atoms with Crippen molar-refractivity contribution in [3.8, 4) is 5.75 Å². The highest BCUT2D eigenvalue weighted by atomic mass is 19.1. The zero-order valence-electron chi connectivity index (χ0n) is 14.4. The summed E-state index contributed by atoms with van der Waals surface area (Å²) in [6.45, 7) is 0.431. The maximum atomic E-state index is 13.7. The van der Waals surface area contributed by atoms with Crippen molar-refractivity contribution in [2.75, 3.05) is 13.2 Å². The van der Waals surface area contributed by atoms with Crippen LogP contribution in [0.3, 0.4) is 0 Å². The third-order valence-corrected chi connectivity index (χ3v) is 3.56. The second-order valence-corrected chi connectivity index (χ2v) is 5.56. The van der Waals surface area contributed by atoms with E-state index < -0.39 is 42.8 Å². The third kappa shape index (κ3) is 5.88. The van der Waals surface area contributed by atoms with E-state index in [4.69, 9.17) is 9.47 Å². The zero-order valence-corrected chi connectivity index (χ0v) is 14.4. The Hall–Kier alpha value is -3.29. The number of esters is 1. The summed E-state index contributed by atoms with van der Waals surface area (Å²) in [4.78, 5) is 34.3. The third-order valence-electron chi connectivity index (χ3n) is 3.56. The molecular weight excluding hydrogens is 360 g/mol. The number of hydrogen-bond acceptors (Lipinski definition) is 5. The Morgan fingerprint density at radius 3 is 2.59 bits per heavy atom. The number of ether oxygens (including phenoxy) is 2. The largest absolute Gasteiger partial charge is 0.481 e. The van der Waals surface area contributed by atoms with Gasteiger partial charge in [-0.1, -0.05) is 18.2 Å². The van der Waals surface area contributed by atoms with Crippen LogP contribution in [-0.2, 0) is 14.3 Å². The summed E-state index contributed by atoms with van der Waals surface area (Å²) in [5.41, 5.74) is 0.378. The molecule has 6 nitrogen and oxygen atoms in total. The minimum Gasteiger partial charge on any atom is -0.481 e. The van der Waals surface area contributed by atoms with E-state index in [-0.39, 0.29) is 16.9 Å². The van der Waals surface area contributed by atoms with Gasteiger partial charge in [-0.15, -0.1) is 0 Å². The molecule has 0 bridgehead atoms. The SMILES string of the molecule is C[C@H](NC(=O)COC(=O)COc1ccccc1C=O)c1ccc(F)cc1F. The van der Waals surface area contributed by atoms with Crippen LogP contribution in [0.1, 0.15) is 28.9 Å². The first-order valence-corrected chi connectivity index (χ1v) is 7.97. The number of carbonyl (C=O) groups excluding carboxylic acids is 3. The Balaban J connectivity index is 1.79. The molecule has 0 unspecified atom stereocenters. The second kappa shape index (κ2) is 9.42. The molecule has 142 valence electrons. The number of amides is 1. The number of aldehydes is 1. The Labute approximate surface area is 154 Å². The fourth-order valence-corrected chi connectivity index (χ4v) is 2.25. The van der Waals surface area contributed by atoms with Gasteiger partial charge < -0.3 is 14.8 Å². The van der Waals surface area contributed by atoms with E-state index in [0.717, 1.165) is 6.07 Å². The standard InChI is InChI=1S/C19H17F2NO5/c1-12(15-7-6-14(20)8-16(15)21)22-18(24)10-27-19(25)11-26-17-5-3-2-4-13(17)9-23/h2-9,12H,10-11H2,1H3,(H,22,24)/t12-/m0/s1. The van der Waals surface area contributed by atoms with Gasteiger partial charge in [0, 0.05) is 11.6 Å². The first-order valence-electron chi connectivity index (χ1n) is 7.97. The molecule has 0 aliphatic heterocycles. The van der Waals surface area contributed by atoms with Gasteiger partial charge in [0.15, 0.2) is 19.5 Å². The van der Waals surface area contributed by atoms with E-state index >= 15 is 0 Å². The molecule has 0 fully saturated rings. The van der Waals surface area contributed by atoms with Crippen LogP contribution in [0.15, 0.2) is 42.5 Å². The second-order valence-electron chi connectivity index (χ2n) is 5.56. The van der Waals surface area contributed by atoms with Crippen molar-refractivity contribution in [1.82, 2.24) is 5.32 Å². The number of halogens is 2. The van der Waals surface area contributed by atoms with Gasteiger partial charge in [0.25, 0.3) is 5.91 Å². The van der Waals surface area contributed by atoms with Crippen LogP contribution in [0, 0.1) is 11.6 Å². The molecule has 0 aliphatic carbocycles. The first-order chi connectivity index (χ1) is 12.9. The van der Waals surface area contributed by atoms with Crippen LogP contribution >= 0.6 is 0 Å². The number of carbonyl (C=O) groups is 3. The number of nitrogens with one attached hydrogen (secondary N) is 1. The lowest BCUT2D eigenvalue weighted by Crippen LogP contribution is -2.32. The Bertz CT molecular complexity index is 841. The van der Waals surface area contributed by atoms with Gasteiger partial charge in [-0.25, -0.2) is 13.6 Å². The molecular formula is C19H17F2NO5. The monoisotopic (exact) mass is 377 g/mol. The lowest BCUT2D eigenvalue weighted by Gasteiger charge is -2.15. The lowest BCUT2D eigenvalue weighted by atomic mass is 10.1. The Morgan fingerprint density at radius 1 is 1.15 bits per heavy atom. The average Bonchev–Trinajstić information content (AvgIpc) is 2.64. The quantitative estimate of drug-likeness (QED) is 0.565. The van der Waals surface area contributed by atoms with Gasteiger partial charge in [0.2, 0.25) is 0 Å². The van der Waals surface area contributed by atoms with Crippen molar-refractivity contribution in [3.05, 3.63) is 65.2 Å². The van der Waals surface area contributed by atoms with Gasteiger partial charge in [-0.05, 0) is 25.1 Å². The molecule has 0 radical (unpaired) electrons. The van der Waals surface area contributed by atoms with E-state index in [1.807, 2.05) is 0 Å². The molecule has 0 spiro atoms. The highest BCUT2D eigenvalue weighted by Gasteiger charge is 2.16. The molecule has 0 aliphatic rings. The summed E-state index contributed by atoms with van der Waals surface area (Å²) < 4.78 is 36.5. The van der Waals surface area contributed by atoms with Gasteiger partial charge in [-0.2, -0.15) is 0 Å². The zero-order chi connectivity index (χ0) is 19.8. The molecule has 2 aromatic carbocycles. The van der Waals surface area contributed by atoms with E-state index in [2.05, 4.69) is 5.32 Å². The summed E-state index contributed by atoms with van der Waals surface area (Å²) in [5, 5.41) is 2.44. The number of rotatable bonds is 8. The number of para-hydroxylation sites is 1. The normalized spacial score (nSPS) is 11.4. The molecule has 27 heavy (non-hydrogen) atoms. The fraction of sp³-hybridized carbons (Fsp3) is 0.211. The minimum atomic E-state index is -0.813. The van der Waals surface area contributed by atoms with E-state index in [1.165, 1.54) is 25.1 Å². The smallest absolute Gasteiger partial charge is 0.344 e. The molecule has 1 N–H and O–H groups in total. The molecule has 2 aromatic rings. The molecule has 1 atom stereocenters. The highest BCUT2D eigenvalue weighted by Crippen LogP contribution is 2.18. The average molecular weight is 377 g/mol. The summed E-state index contributed by atoms with van der Waals surface area (Å²) in [5.74, 6) is -2.77. The predicted octanol–water partition coefficient (Wildman–Crippen LogP) is 2.58. The summed E-state index contributed by atoms with van der Waals surface area (Å²) >= 11 is 0.